The van der Waals surface area contributed by atoms with Crippen LogP contribution < -0.4 is 10.2 Å². The minimum atomic E-state index is -0.450. The Morgan fingerprint density at radius 2 is 1.62 bits per heavy atom. The third-order valence-electron chi connectivity index (χ3n) is 4.16. The van der Waals surface area contributed by atoms with Crippen LogP contribution >= 0.6 is 11.6 Å². The van der Waals surface area contributed by atoms with E-state index in [9.17, 15) is 0 Å². The summed E-state index contributed by atoms with van der Waals surface area (Å²) in [4.78, 5) is 0. The van der Waals surface area contributed by atoms with Crippen molar-refractivity contribution in [1.82, 2.24) is 0 Å². The van der Waals surface area contributed by atoms with Gasteiger partial charge in [-0.2, -0.15) is 0 Å². The van der Waals surface area contributed by atoms with Gasteiger partial charge in [-0.15, -0.1) is 0 Å². The van der Waals surface area contributed by atoms with Crippen molar-refractivity contribution in [2.24, 2.45) is 0 Å². The number of halogens is 1. The average Bonchev–Trinajstić information content (AvgIpc) is 2.52. The van der Waals surface area contributed by atoms with Crippen molar-refractivity contribution in [3.05, 3.63) is 22.7 Å². The highest BCUT2D eigenvalue weighted by molar-refractivity contribution is 6.65. The van der Waals surface area contributed by atoms with Gasteiger partial charge in [0.25, 0.3) is 0 Å². The quantitative estimate of drug-likeness (QED) is 0.796. The molecule has 21 heavy (non-hydrogen) atoms. The second-order valence-corrected chi connectivity index (χ2v) is 7.30. The van der Waals surface area contributed by atoms with Crippen LogP contribution in [0.15, 0.2) is 12.1 Å². The minimum Gasteiger partial charge on any atom is -0.491 e. The number of rotatable bonds is 3. The predicted molar refractivity (Wildman–Crippen MR) is 87.7 cm³/mol. The summed E-state index contributed by atoms with van der Waals surface area (Å²) in [6.07, 6.45) is 0.113. The normalized spacial score (nSPS) is 20.1. The molecule has 0 aromatic heterocycles. The summed E-state index contributed by atoms with van der Waals surface area (Å²) in [6, 6.07) is 3.83. The molecule has 0 spiro atoms. The molecule has 0 N–H and O–H groups in total. The maximum Gasteiger partial charge on any atom is 0.496 e. The predicted octanol–water partition coefficient (Wildman–Crippen LogP) is 3.73. The largest absolute Gasteiger partial charge is 0.496 e. The van der Waals surface area contributed by atoms with Crippen LogP contribution in [0, 0.1) is 6.92 Å². The third-order valence-corrected chi connectivity index (χ3v) is 4.49. The monoisotopic (exact) mass is 310 g/mol. The number of ether oxygens (including phenoxy) is 1. The molecule has 1 heterocycles. The van der Waals surface area contributed by atoms with Crippen molar-refractivity contribution in [2.75, 3.05) is 0 Å². The highest BCUT2D eigenvalue weighted by atomic mass is 35.5. The fourth-order valence-electron chi connectivity index (χ4n) is 2.22. The van der Waals surface area contributed by atoms with Crippen LogP contribution in [-0.2, 0) is 9.31 Å². The van der Waals surface area contributed by atoms with Crippen molar-refractivity contribution in [3.8, 4) is 5.75 Å². The Morgan fingerprint density at radius 1 is 1.10 bits per heavy atom. The number of benzene rings is 1. The Kier molecular flexibility index (Phi) is 4.36. The molecule has 3 nitrogen and oxygen atoms in total. The minimum absolute atomic E-state index is 0.113. The first-order valence-electron chi connectivity index (χ1n) is 7.36. The molecule has 0 amide bonds. The lowest BCUT2D eigenvalue weighted by atomic mass is 9.78. The first kappa shape index (κ1) is 16.7. The van der Waals surface area contributed by atoms with Crippen LogP contribution in [0.3, 0.4) is 0 Å². The summed E-state index contributed by atoms with van der Waals surface area (Å²) in [5.41, 5.74) is 1.13. The van der Waals surface area contributed by atoms with E-state index < -0.39 is 7.12 Å². The molecule has 1 fully saturated rings. The van der Waals surface area contributed by atoms with Gasteiger partial charge in [-0.3, -0.25) is 0 Å². The maximum atomic E-state index is 6.41. The fraction of sp³-hybridized carbons (Fsp3) is 0.625. The first-order chi connectivity index (χ1) is 9.53. The van der Waals surface area contributed by atoms with Gasteiger partial charge >= 0.3 is 7.12 Å². The fourth-order valence-corrected chi connectivity index (χ4v) is 2.46. The molecular formula is C16H24BClO3. The SMILES string of the molecule is Cc1cc(B2OC(C)(C)C(C)(C)O2)c(Cl)cc1OC(C)C. The van der Waals surface area contributed by atoms with Crippen LogP contribution in [0.25, 0.3) is 0 Å². The summed E-state index contributed by atoms with van der Waals surface area (Å²) in [5.74, 6) is 0.801. The molecule has 0 saturated carbocycles. The smallest absolute Gasteiger partial charge is 0.491 e. The molecule has 1 saturated heterocycles. The van der Waals surface area contributed by atoms with E-state index in [2.05, 4.69) is 0 Å². The second-order valence-electron chi connectivity index (χ2n) is 6.89. The maximum absolute atomic E-state index is 6.41. The lowest BCUT2D eigenvalue weighted by molar-refractivity contribution is 0.00578. The summed E-state index contributed by atoms with van der Waals surface area (Å²) >= 11 is 6.41. The standard InChI is InChI=1S/C16H24BClO3/c1-10(2)19-14-9-13(18)12(8-11(14)3)17-20-15(4,5)16(6,7)21-17/h8-10H,1-7H3. The van der Waals surface area contributed by atoms with Gasteiger partial charge in [0.15, 0.2) is 0 Å². The van der Waals surface area contributed by atoms with E-state index in [0.29, 0.717) is 5.02 Å². The summed E-state index contributed by atoms with van der Waals surface area (Å²) < 4.78 is 17.9. The molecule has 0 atom stereocenters. The van der Waals surface area contributed by atoms with Crippen molar-refractivity contribution in [2.45, 2.75) is 65.8 Å². The molecule has 1 aromatic rings. The van der Waals surface area contributed by atoms with Gasteiger partial charge < -0.3 is 14.0 Å². The molecule has 0 bridgehead atoms. The van der Waals surface area contributed by atoms with Gasteiger partial charge in [-0.05, 0) is 60.1 Å². The van der Waals surface area contributed by atoms with E-state index in [1.807, 2.05) is 60.6 Å². The molecule has 116 valence electrons. The van der Waals surface area contributed by atoms with Gasteiger partial charge in [-0.25, -0.2) is 0 Å². The van der Waals surface area contributed by atoms with Gasteiger partial charge in [0.2, 0.25) is 0 Å². The van der Waals surface area contributed by atoms with Crippen LogP contribution in [0.4, 0.5) is 0 Å². The topological polar surface area (TPSA) is 27.7 Å². The van der Waals surface area contributed by atoms with Crippen molar-refractivity contribution in [3.63, 3.8) is 0 Å². The van der Waals surface area contributed by atoms with Crippen molar-refractivity contribution in [1.29, 1.82) is 0 Å². The Labute approximate surface area is 133 Å². The van der Waals surface area contributed by atoms with Crippen LogP contribution in [0.2, 0.25) is 5.02 Å². The zero-order valence-corrected chi connectivity index (χ0v) is 14.7. The highest BCUT2D eigenvalue weighted by Gasteiger charge is 2.52. The second kappa shape index (κ2) is 5.49. The zero-order chi connectivity index (χ0) is 16.0. The lowest BCUT2D eigenvalue weighted by Gasteiger charge is -2.32. The molecule has 0 unspecified atom stereocenters. The van der Waals surface area contributed by atoms with E-state index in [-0.39, 0.29) is 17.3 Å². The average molecular weight is 311 g/mol. The zero-order valence-electron chi connectivity index (χ0n) is 13.9. The summed E-state index contributed by atoms with van der Waals surface area (Å²) in [5, 5.41) is 0.606. The van der Waals surface area contributed by atoms with Gasteiger partial charge in [0, 0.05) is 10.5 Å². The highest BCUT2D eigenvalue weighted by Crippen LogP contribution is 2.37. The third kappa shape index (κ3) is 3.23. The molecule has 5 heteroatoms. The summed E-state index contributed by atoms with van der Waals surface area (Å²) in [6.45, 7) is 14.1. The Balaban J connectivity index is 2.32. The molecule has 1 aromatic carbocycles. The van der Waals surface area contributed by atoms with Crippen LogP contribution in [0.1, 0.15) is 47.1 Å². The Bertz CT molecular complexity index is 525. The van der Waals surface area contributed by atoms with Crippen LogP contribution in [-0.4, -0.2) is 24.4 Å². The van der Waals surface area contributed by atoms with E-state index in [1.165, 1.54) is 0 Å². The Morgan fingerprint density at radius 3 is 2.10 bits per heavy atom. The molecule has 2 rings (SSSR count). The number of hydrogen-bond acceptors (Lipinski definition) is 3. The molecular weight excluding hydrogens is 286 g/mol. The van der Waals surface area contributed by atoms with Gasteiger partial charge in [-0.1, -0.05) is 17.7 Å². The lowest BCUT2D eigenvalue weighted by Crippen LogP contribution is -2.41. The molecule has 0 aliphatic carbocycles. The van der Waals surface area contributed by atoms with Gasteiger partial charge in [0.05, 0.1) is 17.3 Å². The first-order valence-corrected chi connectivity index (χ1v) is 7.73. The molecule has 1 aliphatic heterocycles. The number of aryl methyl sites for hydroxylation is 1. The van der Waals surface area contributed by atoms with Crippen molar-refractivity contribution < 1.29 is 14.0 Å². The molecule has 0 radical (unpaired) electrons. The van der Waals surface area contributed by atoms with E-state index in [1.54, 1.807) is 0 Å². The van der Waals surface area contributed by atoms with E-state index >= 15 is 0 Å². The molecule has 1 aliphatic rings. The number of hydrogen-bond donors (Lipinski definition) is 0. The van der Waals surface area contributed by atoms with Crippen LogP contribution in [0.5, 0.6) is 5.75 Å². The van der Waals surface area contributed by atoms with Gasteiger partial charge in [0.1, 0.15) is 5.75 Å². The Hall–Kier alpha value is -0.705. The van der Waals surface area contributed by atoms with Crippen molar-refractivity contribution >= 4 is 24.2 Å². The van der Waals surface area contributed by atoms with E-state index in [0.717, 1.165) is 16.8 Å². The van der Waals surface area contributed by atoms with E-state index in [4.69, 9.17) is 25.6 Å². The summed E-state index contributed by atoms with van der Waals surface area (Å²) in [7, 11) is -0.450.